The summed E-state index contributed by atoms with van der Waals surface area (Å²) in [5.74, 6) is 1.06. The van der Waals surface area contributed by atoms with E-state index in [0.29, 0.717) is 18.4 Å². The quantitative estimate of drug-likeness (QED) is 0.852. The van der Waals surface area contributed by atoms with Gasteiger partial charge >= 0.3 is 0 Å². The number of ether oxygens (including phenoxy) is 1. The maximum Gasteiger partial charge on any atom is 0.226 e. The number of nitrogens with one attached hydrogen (secondary N) is 1. The second-order valence-electron chi connectivity index (χ2n) is 3.44. The Morgan fingerprint density at radius 3 is 2.94 bits per heavy atom. The molecule has 0 atom stereocenters. The van der Waals surface area contributed by atoms with Crippen LogP contribution in [0.1, 0.15) is 11.4 Å². The average molecular weight is 231 g/mol. The first kappa shape index (κ1) is 11.3. The van der Waals surface area contributed by atoms with Crippen molar-refractivity contribution in [3.8, 4) is 5.88 Å². The molecular formula is C11H13N5O. The van der Waals surface area contributed by atoms with E-state index in [1.54, 1.807) is 19.4 Å². The molecule has 0 fully saturated rings. The third kappa shape index (κ3) is 3.10. The molecule has 2 aromatic rings. The fourth-order valence-electron chi connectivity index (χ4n) is 1.32. The predicted octanol–water partition coefficient (Wildman–Crippen LogP) is 1.20. The van der Waals surface area contributed by atoms with Crippen LogP contribution in [-0.4, -0.2) is 27.3 Å². The molecule has 2 heterocycles. The van der Waals surface area contributed by atoms with Crippen molar-refractivity contribution in [2.24, 2.45) is 0 Å². The van der Waals surface area contributed by atoms with E-state index in [1.807, 2.05) is 19.1 Å². The zero-order chi connectivity index (χ0) is 12.1. The van der Waals surface area contributed by atoms with Crippen molar-refractivity contribution in [2.45, 2.75) is 13.5 Å². The van der Waals surface area contributed by atoms with Gasteiger partial charge in [0.05, 0.1) is 19.3 Å². The molecule has 0 aliphatic heterocycles. The first-order valence-electron chi connectivity index (χ1n) is 5.18. The molecule has 0 amide bonds. The largest absolute Gasteiger partial charge is 0.481 e. The molecule has 0 saturated carbocycles. The third-order valence-corrected chi connectivity index (χ3v) is 2.09. The summed E-state index contributed by atoms with van der Waals surface area (Å²) in [5, 5.41) is 10.8. The van der Waals surface area contributed by atoms with E-state index in [4.69, 9.17) is 4.74 Å². The van der Waals surface area contributed by atoms with Crippen LogP contribution in [0.4, 0.5) is 5.95 Å². The molecule has 0 aliphatic rings. The van der Waals surface area contributed by atoms with Gasteiger partial charge in [-0.15, -0.1) is 0 Å². The summed E-state index contributed by atoms with van der Waals surface area (Å²) < 4.78 is 5.07. The zero-order valence-electron chi connectivity index (χ0n) is 9.71. The van der Waals surface area contributed by atoms with Crippen LogP contribution in [0.2, 0.25) is 0 Å². The van der Waals surface area contributed by atoms with E-state index in [2.05, 4.69) is 25.5 Å². The summed E-state index contributed by atoms with van der Waals surface area (Å²) >= 11 is 0. The lowest BCUT2D eigenvalue weighted by Crippen LogP contribution is -2.06. The number of hydrogen-bond donors (Lipinski definition) is 1. The fraction of sp³-hybridized carbons (Fsp3) is 0.273. The van der Waals surface area contributed by atoms with Gasteiger partial charge in [-0.25, -0.2) is 4.98 Å². The standard InChI is InChI=1S/C11H13N5O/c1-8-6-10(17-2)15-11(14-8)12-7-9-4-3-5-13-16-9/h3-6H,7H2,1-2H3,(H,12,14,15). The van der Waals surface area contributed by atoms with Gasteiger partial charge in [-0.05, 0) is 19.1 Å². The Hall–Kier alpha value is -2.24. The van der Waals surface area contributed by atoms with Crippen LogP contribution in [0.5, 0.6) is 5.88 Å². The summed E-state index contributed by atoms with van der Waals surface area (Å²) in [7, 11) is 1.58. The maximum absolute atomic E-state index is 5.07. The zero-order valence-corrected chi connectivity index (χ0v) is 9.71. The Labute approximate surface area is 99.1 Å². The van der Waals surface area contributed by atoms with Crippen molar-refractivity contribution < 1.29 is 4.74 Å². The minimum atomic E-state index is 0.521. The van der Waals surface area contributed by atoms with Gasteiger partial charge in [0.2, 0.25) is 11.8 Å². The number of anilines is 1. The minimum absolute atomic E-state index is 0.521. The molecule has 0 unspecified atom stereocenters. The lowest BCUT2D eigenvalue weighted by molar-refractivity contribution is 0.397. The number of aryl methyl sites for hydroxylation is 1. The molecule has 2 aromatic heterocycles. The van der Waals surface area contributed by atoms with Crippen LogP contribution in [0.15, 0.2) is 24.4 Å². The van der Waals surface area contributed by atoms with E-state index in [-0.39, 0.29) is 0 Å². The molecule has 88 valence electrons. The number of aromatic nitrogens is 4. The lowest BCUT2D eigenvalue weighted by Gasteiger charge is -2.06. The summed E-state index contributed by atoms with van der Waals surface area (Å²) in [5.41, 5.74) is 1.68. The Balaban J connectivity index is 2.06. The van der Waals surface area contributed by atoms with Crippen molar-refractivity contribution in [1.82, 2.24) is 20.2 Å². The van der Waals surface area contributed by atoms with E-state index >= 15 is 0 Å². The summed E-state index contributed by atoms with van der Waals surface area (Å²) in [6.07, 6.45) is 1.63. The highest BCUT2D eigenvalue weighted by Gasteiger charge is 2.02. The van der Waals surface area contributed by atoms with E-state index in [1.165, 1.54) is 0 Å². The molecule has 0 bridgehead atoms. The van der Waals surface area contributed by atoms with Crippen LogP contribution in [0.3, 0.4) is 0 Å². The monoisotopic (exact) mass is 231 g/mol. The smallest absolute Gasteiger partial charge is 0.226 e. The molecule has 0 saturated heterocycles. The summed E-state index contributed by atoms with van der Waals surface area (Å²) in [4.78, 5) is 8.42. The molecule has 1 N–H and O–H groups in total. The number of rotatable bonds is 4. The van der Waals surface area contributed by atoms with Gasteiger partial charge in [-0.2, -0.15) is 15.2 Å². The van der Waals surface area contributed by atoms with Crippen LogP contribution in [0.25, 0.3) is 0 Å². The van der Waals surface area contributed by atoms with Crippen molar-refractivity contribution >= 4 is 5.95 Å². The normalized spacial score (nSPS) is 10.0. The fourth-order valence-corrected chi connectivity index (χ4v) is 1.32. The van der Waals surface area contributed by atoms with Gasteiger partial charge in [0.15, 0.2) is 0 Å². The molecule has 0 aliphatic carbocycles. The van der Waals surface area contributed by atoms with Gasteiger partial charge in [0.1, 0.15) is 0 Å². The Morgan fingerprint density at radius 2 is 2.24 bits per heavy atom. The molecule has 0 radical (unpaired) electrons. The molecule has 2 rings (SSSR count). The first-order chi connectivity index (χ1) is 8.28. The SMILES string of the molecule is COc1cc(C)nc(NCc2cccnn2)n1. The Morgan fingerprint density at radius 1 is 1.35 bits per heavy atom. The maximum atomic E-state index is 5.07. The lowest BCUT2D eigenvalue weighted by atomic mass is 10.4. The van der Waals surface area contributed by atoms with E-state index in [0.717, 1.165) is 11.4 Å². The molecule has 6 heteroatoms. The summed E-state index contributed by atoms with van der Waals surface area (Å²) in [6.45, 7) is 2.41. The highest BCUT2D eigenvalue weighted by Crippen LogP contribution is 2.11. The van der Waals surface area contributed by atoms with Crippen molar-refractivity contribution in [3.63, 3.8) is 0 Å². The minimum Gasteiger partial charge on any atom is -0.481 e. The van der Waals surface area contributed by atoms with Gasteiger partial charge in [-0.1, -0.05) is 0 Å². The van der Waals surface area contributed by atoms with Crippen molar-refractivity contribution in [1.29, 1.82) is 0 Å². The number of methoxy groups -OCH3 is 1. The molecule has 0 spiro atoms. The molecule has 17 heavy (non-hydrogen) atoms. The van der Waals surface area contributed by atoms with Gasteiger partial charge < -0.3 is 10.1 Å². The average Bonchev–Trinajstić information content (AvgIpc) is 2.37. The molecule has 0 aromatic carbocycles. The van der Waals surface area contributed by atoms with Crippen LogP contribution < -0.4 is 10.1 Å². The van der Waals surface area contributed by atoms with Gasteiger partial charge in [-0.3, -0.25) is 0 Å². The second kappa shape index (κ2) is 5.20. The first-order valence-corrected chi connectivity index (χ1v) is 5.18. The molecule has 6 nitrogen and oxygen atoms in total. The van der Waals surface area contributed by atoms with E-state index in [9.17, 15) is 0 Å². The van der Waals surface area contributed by atoms with Crippen LogP contribution >= 0.6 is 0 Å². The Kier molecular flexibility index (Phi) is 3.44. The number of nitrogens with zero attached hydrogens (tertiary/aromatic N) is 4. The van der Waals surface area contributed by atoms with Crippen molar-refractivity contribution in [2.75, 3.05) is 12.4 Å². The van der Waals surface area contributed by atoms with Crippen LogP contribution in [-0.2, 0) is 6.54 Å². The van der Waals surface area contributed by atoms with Gasteiger partial charge in [0.25, 0.3) is 0 Å². The highest BCUT2D eigenvalue weighted by atomic mass is 16.5. The van der Waals surface area contributed by atoms with Crippen molar-refractivity contribution in [3.05, 3.63) is 35.8 Å². The highest BCUT2D eigenvalue weighted by molar-refractivity contribution is 5.31. The predicted molar refractivity (Wildman–Crippen MR) is 62.7 cm³/mol. The third-order valence-electron chi connectivity index (χ3n) is 2.09. The van der Waals surface area contributed by atoms with Crippen LogP contribution in [0, 0.1) is 6.92 Å². The Bertz CT molecular complexity index is 488. The van der Waals surface area contributed by atoms with E-state index < -0.39 is 0 Å². The van der Waals surface area contributed by atoms with Gasteiger partial charge in [0, 0.05) is 18.0 Å². The summed E-state index contributed by atoms with van der Waals surface area (Å²) in [6, 6.07) is 5.49. The molecular weight excluding hydrogens is 218 g/mol. The second-order valence-corrected chi connectivity index (χ2v) is 3.44. The topological polar surface area (TPSA) is 72.8 Å². The number of hydrogen-bond acceptors (Lipinski definition) is 6.